The third-order valence-electron chi connectivity index (χ3n) is 3.27. The number of H-pyrrole nitrogens is 1. The molecular formula is C17H22N2O3S. The predicted octanol–water partition coefficient (Wildman–Crippen LogP) is 2.96. The quantitative estimate of drug-likeness (QED) is 0.825. The minimum Gasteiger partial charge on any atom is -0.408 e. The van der Waals surface area contributed by atoms with Crippen LogP contribution in [0.5, 0.6) is 0 Å². The van der Waals surface area contributed by atoms with Crippen molar-refractivity contribution in [2.45, 2.75) is 50.0 Å². The van der Waals surface area contributed by atoms with Crippen LogP contribution in [-0.2, 0) is 0 Å². The Hall–Kier alpha value is -1.95. The monoisotopic (exact) mass is 334 g/mol. The van der Waals surface area contributed by atoms with E-state index >= 15 is 0 Å². The van der Waals surface area contributed by atoms with Gasteiger partial charge in [-0.1, -0.05) is 50.2 Å². The first kappa shape index (κ1) is 17.4. The Morgan fingerprint density at radius 2 is 2.04 bits per heavy atom. The van der Waals surface area contributed by atoms with Crippen molar-refractivity contribution in [2.75, 3.05) is 6.61 Å². The van der Waals surface area contributed by atoms with Gasteiger partial charge in [0.2, 0.25) is 0 Å². The van der Waals surface area contributed by atoms with Gasteiger partial charge in [0, 0.05) is 4.90 Å². The Balaban J connectivity index is 2.61. The van der Waals surface area contributed by atoms with Crippen LogP contribution in [0, 0.1) is 6.92 Å². The molecule has 2 rings (SSSR count). The van der Waals surface area contributed by atoms with E-state index < -0.39 is 5.69 Å². The van der Waals surface area contributed by atoms with Crippen LogP contribution in [0.15, 0.2) is 43.8 Å². The maximum Gasteiger partial charge on any atom is 0.362 e. The normalized spacial score (nSPS) is 11.0. The fourth-order valence-electron chi connectivity index (χ4n) is 2.21. The van der Waals surface area contributed by atoms with E-state index in [9.17, 15) is 9.59 Å². The summed E-state index contributed by atoms with van der Waals surface area (Å²) in [6.07, 6.45) is 0.775. The van der Waals surface area contributed by atoms with Crippen LogP contribution in [0.1, 0.15) is 44.2 Å². The van der Waals surface area contributed by atoms with E-state index in [1.165, 1.54) is 16.5 Å². The summed E-state index contributed by atoms with van der Waals surface area (Å²) in [5, 5.41) is 0.549. The van der Waals surface area contributed by atoms with Gasteiger partial charge >= 0.3 is 5.69 Å². The second-order valence-corrected chi connectivity index (χ2v) is 6.74. The van der Waals surface area contributed by atoms with Crippen molar-refractivity contribution in [1.29, 1.82) is 0 Å². The number of aryl methyl sites for hydroxylation is 1. The summed E-state index contributed by atoms with van der Waals surface area (Å²) >= 11 is 1.38. The van der Waals surface area contributed by atoms with Crippen LogP contribution < -0.4 is 16.1 Å². The predicted molar refractivity (Wildman–Crippen MR) is 92.5 cm³/mol. The lowest BCUT2D eigenvalue weighted by molar-refractivity contribution is 0.0786. The number of nitrogens with zero attached hydrogens (tertiary/aromatic N) is 1. The molecule has 23 heavy (non-hydrogen) atoms. The van der Waals surface area contributed by atoms with Gasteiger partial charge in [-0.15, -0.1) is 4.73 Å². The Morgan fingerprint density at radius 1 is 1.30 bits per heavy atom. The number of rotatable bonds is 6. The molecule has 0 unspecified atom stereocenters. The van der Waals surface area contributed by atoms with Crippen LogP contribution in [-0.4, -0.2) is 16.3 Å². The fourth-order valence-corrected chi connectivity index (χ4v) is 3.48. The molecule has 0 aliphatic heterocycles. The van der Waals surface area contributed by atoms with Gasteiger partial charge in [-0.25, -0.2) is 4.79 Å². The second kappa shape index (κ2) is 7.55. The Labute approximate surface area is 139 Å². The van der Waals surface area contributed by atoms with Crippen molar-refractivity contribution in [1.82, 2.24) is 9.71 Å². The van der Waals surface area contributed by atoms with Gasteiger partial charge in [0.1, 0.15) is 11.6 Å². The highest BCUT2D eigenvalue weighted by Crippen LogP contribution is 2.31. The molecule has 1 heterocycles. The first-order valence-electron chi connectivity index (χ1n) is 7.71. The summed E-state index contributed by atoms with van der Waals surface area (Å²) in [5.41, 5.74) is 0.793. The molecule has 0 aliphatic rings. The van der Waals surface area contributed by atoms with Crippen molar-refractivity contribution < 1.29 is 4.84 Å². The second-order valence-electron chi connectivity index (χ2n) is 5.68. The molecule has 124 valence electrons. The van der Waals surface area contributed by atoms with Gasteiger partial charge in [-0.05, 0) is 31.4 Å². The summed E-state index contributed by atoms with van der Waals surface area (Å²) in [4.78, 5) is 33.3. The van der Waals surface area contributed by atoms with Crippen molar-refractivity contribution in [3.05, 3.63) is 56.2 Å². The van der Waals surface area contributed by atoms with E-state index in [1.54, 1.807) is 0 Å². The summed E-state index contributed by atoms with van der Waals surface area (Å²) in [6.45, 7) is 8.24. The minimum absolute atomic E-state index is 0.0249. The van der Waals surface area contributed by atoms with E-state index in [0.717, 1.165) is 16.9 Å². The average Bonchev–Trinajstić information content (AvgIpc) is 2.46. The first-order valence-corrected chi connectivity index (χ1v) is 8.52. The lowest BCUT2D eigenvalue weighted by Gasteiger charge is -2.17. The number of aromatic nitrogens is 2. The van der Waals surface area contributed by atoms with Crippen LogP contribution in [0.4, 0.5) is 0 Å². The van der Waals surface area contributed by atoms with Gasteiger partial charge < -0.3 is 4.84 Å². The summed E-state index contributed by atoms with van der Waals surface area (Å²) in [7, 11) is 0. The highest BCUT2D eigenvalue weighted by atomic mass is 32.2. The molecule has 0 amide bonds. The molecule has 6 heteroatoms. The third kappa shape index (κ3) is 4.07. The maximum absolute atomic E-state index is 12.2. The zero-order valence-corrected chi connectivity index (χ0v) is 14.7. The lowest BCUT2D eigenvalue weighted by atomic mass is 10.1. The highest BCUT2D eigenvalue weighted by Gasteiger charge is 2.20. The molecule has 0 saturated carbocycles. The zero-order valence-electron chi connectivity index (χ0n) is 13.9. The average molecular weight is 334 g/mol. The van der Waals surface area contributed by atoms with Gasteiger partial charge in [0.25, 0.3) is 5.56 Å². The van der Waals surface area contributed by atoms with Gasteiger partial charge in [0.15, 0.2) is 0 Å². The molecule has 1 N–H and O–H groups in total. The molecule has 5 nitrogen and oxygen atoms in total. The van der Waals surface area contributed by atoms with Crippen LogP contribution in [0.3, 0.4) is 0 Å². The van der Waals surface area contributed by atoms with Crippen molar-refractivity contribution >= 4 is 11.8 Å². The number of nitrogens with one attached hydrogen (secondary N) is 1. The van der Waals surface area contributed by atoms with Crippen molar-refractivity contribution in [3.63, 3.8) is 0 Å². The van der Waals surface area contributed by atoms with Crippen molar-refractivity contribution in [3.8, 4) is 0 Å². The number of aromatic amines is 1. The minimum atomic E-state index is -0.539. The number of hydrogen-bond acceptors (Lipinski definition) is 4. The van der Waals surface area contributed by atoms with Gasteiger partial charge in [-0.3, -0.25) is 9.78 Å². The van der Waals surface area contributed by atoms with Gasteiger partial charge in [-0.2, -0.15) is 0 Å². The molecule has 1 aromatic heterocycles. The molecule has 2 aromatic rings. The summed E-state index contributed by atoms with van der Waals surface area (Å²) in [6, 6.07) is 7.93. The standard InChI is InChI=1S/C17H22N2O3S/c1-5-9-22-19-16(23-13-8-6-7-12(4)10-13)14(11(2)3)15(20)18-17(19)21/h6-8,10-11H,5,9H2,1-4H3,(H,18,20,21). The third-order valence-corrected chi connectivity index (χ3v) is 4.34. The molecule has 1 aromatic carbocycles. The summed E-state index contributed by atoms with van der Waals surface area (Å²) in [5.74, 6) is -0.0249. The first-order chi connectivity index (χ1) is 10.9. The van der Waals surface area contributed by atoms with E-state index in [4.69, 9.17) is 4.84 Å². The molecule has 0 radical (unpaired) electrons. The highest BCUT2D eigenvalue weighted by molar-refractivity contribution is 7.99. The van der Waals surface area contributed by atoms with E-state index in [2.05, 4.69) is 4.98 Å². The maximum atomic E-state index is 12.2. The SMILES string of the molecule is CCCOn1c(Sc2cccc(C)c2)c(C(C)C)c(=O)[nH]c1=O. The largest absolute Gasteiger partial charge is 0.408 e. The van der Waals surface area contributed by atoms with E-state index in [0.29, 0.717) is 17.2 Å². The van der Waals surface area contributed by atoms with Crippen LogP contribution in [0.2, 0.25) is 0 Å². The smallest absolute Gasteiger partial charge is 0.362 e. The zero-order chi connectivity index (χ0) is 17.0. The topological polar surface area (TPSA) is 64.1 Å². The molecule has 0 bridgehead atoms. The number of hydrogen-bond donors (Lipinski definition) is 1. The molecular weight excluding hydrogens is 312 g/mol. The Kier molecular flexibility index (Phi) is 5.71. The number of benzene rings is 1. The van der Waals surface area contributed by atoms with Crippen LogP contribution >= 0.6 is 11.8 Å². The lowest BCUT2D eigenvalue weighted by Crippen LogP contribution is -2.38. The molecule has 0 atom stereocenters. The molecule has 0 fully saturated rings. The van der Waals surface area contributed by atoms with E-state index in [1.807, 2.05) is 52.0 Å². The van der Waals surface area contributed by atoms with E-state index in [-0.39, 0.29) is 11.5 Å². The Morgan fingerprint density at radius 3 is 2.65 bits per heavy atom. The molecule has 0 spiro atoms. The van der Waals surface area contributed by atoms with Gasteiger partial charge in [0.05, 0.1) is 5.56 Å². The molecule has 0 saturated heterocycles. The Bertz CT molecular complexity index is 793. The fraction of sp³-hybridized carbons (Fsp3) is 0.412. The van der Waals surface area contributed by atoms with Crippen molar-refractivity contribution in [2.24, 2.45) is 0 Å². The molecule has 0 aliphatic carbocycles. The van der Waals surface area contributed by atoms with Crippen LogP contribution in [0.25, 0.3) is 0 Å². The summed E-state index contributed by atoms with van der Waals surface area (Å²) < 4.78 is 1.22.